The van der Waals surface area contributed by atoms with Gasteiger partial charge >= 0.3 is 0 Å². The van der Waals surface area contributed by atoms with Gasteiger partial charge in [-0.05, 0) is 57.4 Å². The second kappa shape index (κ2) is 10.5. The van der Waals surface area contributed by atoms with E-state index in [1.165, 1.54) is 0 Å². The Morgan fingerprint density at radius 3 is 2.54 bits per heavy atom. The molecule has 0 spiro atoms. The van der Waals surface area contributed by atoms with E-state index in [1.54, 1.807) is 20.2 Å². The lowest BCUT2D eigenvalue weighted by Gasteiger charge is -2.29. The molecule has 0 aliphatic rings. The largest absolute Gasteiger partial charge is 0.351 e. The zero-order chi connectivity index (χ0) is 24.9. The van der Waals surface area contributed by atoms with Gasteiger partial charge in [0.15, 0.2) is 0 Å². The fourth-order valence-corrected chi connectivity index (χ4v) is 4.45. The number of carbonyl (C=O) groups excluding carboxylic acids is 2. The zero-order valence-electron chi connectivity index (χ0n) is 20.7. The molecule has 0 saturated heterocycles. The summed E-state index contributed by atoms with van der Waals surface area (Å²) < 4.78 is 3.44. The summed E-state index contributed by atoms with van der Waals surface area (Å²) in [5, 5.41) is 11.9. The Bertz CT molecular complexity index is 1320. The summed E-state index contributed by atoms with van der Waals surface area (Å²) in [6, 6.07) is 17.5. The quantitative estimate of drug-likeness (QED) is 0.403. The summed E-state index contributed by atoms with van der Waals surface area (Å²) in [5.41, 5.74) is 4.60. The van der Waals surface area contributed by atoms with E-state index in [9.17, 15) is 9.59 Å². The number of hydrogen-bond acceptors (Lipinski definition) is 4. The lowest BCUT2D eigenvalue weighted by atomic mass is 10.0. The van der Waals surface area contributed by atoms with Crippen molar-refractivity contribution in [3.8, 4) is 0 Å². The van der Waals surface area contributed by atoms with Crippen molar-refractivity contribution in [3.63, 3.8) is 0 Å². The van der Waals surface area contributed by atoms with Crippen LogP contribution >= 0.6 is 0 Å². The number of pyridine rings is 1. The Kier molecular flexibility index (Phi) is 7.29. The van der Waals surface area contributed by atoms with Crippen molar-refractivity contribution in [3.05, 3.63) is 89.0 Å². The molecule has 0 bridgehead atoms. The van der Waals surface area contributed by atoms with E-state index in [0.29, 0.717) is 42.9 Å². The molecular weight excluding hydrogens is 440 g/mol. The van der Waals surface area contributed by atoms with Crippen molar-refractivity contribution in [2.75, 3.05) is 13.6 Å². The number of rotatable bonds is 9. The van der Waals surface area contributed by atoms with Gasteiger partial charge in [0.2, 0.25) is 0 Å². The first-order chi connectivity index (χ1) is 16.9. The molecule has 8 heteroatoms. The maximum absolute atomic E-state index is 13.7. The number of aryl methyl sites for hydroxylation is 3. The van der Waals surface area contributed by atoms with E-state index in [4.69, 9.17) is 0 Å². The van der Waals surface area contributed by atoms with Gasteiger partial charge in [-0.1, -0.05) is 36.4 Å². The van der Waals surface area contributed by atoms with Crippen LogP contribution in [-0.2, 0) is 13.0 Å². The van der Waals surface area contributed by atoms with Gasteiger partial charge in [0, 0.05) is 32.4 Å². The van der Waals surface area contributed by atoms with Crippen LogP contribution in [0.4, 0.5) is 0 Å². The topological polar surface area (TPSA) is 84.5 Å². The van der Waals surface area contributed by atoms with Gasteiger partial charge in [-0.2, -0.15) is 10.2 Å². The van der Waals surface area contributed by atoms with Crippen LogP contribution in [0.25, 0.3) is 5.52 Å². The van der Waals surface area contributed by atoms with Crippen LogP contribution in [0.15, 0.2) is 60.8 Å². The van der Waals surface area contributed by atoms with E-state index in [0.717, 1.165) is 16.8 Å². The Balaban J connectivity index is 1.52. The van der Waals surface area contributed by atoms with Crippen molar-refractivity contribution in [1.29, 1.82) is 0 Å². The standard InChI is InChI=1S/C27H32N6O2/c1-5-32-24(17-19(2)29-32)26(34)28-15-14-22(18-21-11-7-6-8-12-21)31(4)27(35)25-20(3)30-33-16-10-9-13-23(25)33/h6-13,16-17,22H,5,14-15,18H2,1-4H3,(H,28,34). The highest BCUT2D eigenvalue weighted by Crippen LogP contribution is 2.20. The summed E-state index contributed by atoms with van der Waals surface area (Å²) >= 11 is 0. The number of benzene rings is 1. The van der Waals surface area contributed by atoms with E-state index in [-0.39, 0.29) is 17.9 Å². The molecule has 8 nitrogen and oxygen atoms in total. The molecule has 0 radical (unpaired) electrons. The molecule has 3 aromatic heterocycles. The number of carbonyl (C=O) groups is 2. The van der Waals surface area contributed by atoms with Gasteiger partial charge in [0.25, 0.3) is 11.8 Å². The fourth-order valence-electron chi connectivity index (χ4n) is 4.45. The van der Waals surface area contributed by atoms with Crippen LogP contribution in [0, 0.1) is 13.8 Å². The third-order valence-electron chi connectivity index (χ3n) is 6.31. The molecule has 1 N–H and O–H groups in total. The first-order valence-electron chi connectivity index (χ1n) is 12.0. The number of likely N-dealkylation sites (N-methyl/N-ethyl adjacent to an activating group) is 1. The van der Waals surface area contributed by atoms with E-state index < -0.39 is 0 Å². The number of nitrogens with one attached hydrogen (secondary N) is 1. The Morgan fingerprint density at radius 2 is 1.80 bits per heavy atom. The van der Waals surface area contributed by atoms with Gasteiger partial charge in [-0.3, -0.25) is 14.3 Å². The predicted molar refractivity (Wildman–Crippen MR) is 136 cm³/mol. The van der Waals surface area contributed by atoms with Gasteiger partial charge in [0.05, 0.1) is 22.5 Å². The normalized spacial score (nSPS) is 12.0. The maximum Gasteiger partial charge on any atom is 0.269 e. The molecule has 35 heavy (non-hydrogen) atoms. The lowest BCUT2D eigenvalue weighted by Crippen LogP contribution is -2.41. The minimum absolute atomic E-state index is 0.0735. The summed E-state index contributed by atoms with van der Waals surface area (Å²) in [7, 11) is 1.83. The molecule has 4 aromatic rings. The third-order valence-corrected chi connectivity index (χ3v) is 6.31. The first kappa shape index (κ1) is 24.2. The van der Waals surface area contributed by atoms with Gasteiger partial charge < -0.3 is 10.2 Å². The Hall–Kier alpha value is -3.94. The summed E-state index contributed by atoms with van der Waals surface area (Å²) in [6.45, 7) is 6.77. The van der Waals surface area contributed by atoms with Gasteiger partial charge in [-0.15, -0.1) is 0 Å². The highest BCUT2D eigenvalue weighted by atomic mass is 16.2. The molecule has 4 rings (SSSR count). The lowest BCUT2D eigenvalue weighted by molar-refractivity contribution is 0.0724. The molecule has 0 fully saturated rings. The number of fused-ring (bicyclic) bond motifs is 1. The molecule has 1 aromatic carbocycles. The van der Waals surface area contributed by atoms with Crippen LogP contribution < -0.4 is 5.32 Å². The predicted octanol–water partition coefficient (Wildman–Crippen LogP) is 3.67. The average molecular weight is 473 g/mol. The average Bonchev–Trinajstić information content (AvgIpc) is 3.41. The van der Waals surface area contributed by atoms with Gasteiger partial charge in [0.1, 0.15) is 5.69 Å². The van der Waals surface area contributed by atoms with Crippen LogP contribution in [0.2, 0.25) is 0 Å². The molecule has 2 amide bonds. The van der Waals surface area contributed by atoms with Crippen molar-refractivity contribution in [2.45, 2.75) is 46.2 Å². The number of nitrogens with zero attached hydrogens (tertiary/aromatic N) is 5. The SMILES string of the molecule is CCn1nc(C)cc1C(=O)NCCC(Cc1ccccc1)N(C)C(=O)c1c(C)nn2ccccc12. The van der Waals surface area contributed by atoms with Crippen LogP contribution in [0.1, 0.15) is 51.1 Å². The van der Waals surface area contributed by atoms with Crippen molar-refractivity contribution >= 4 is 17.3 Å². The Labute approximate surface area is 205 Å². The maximum atomic E-state index is 13.7. The van der Waals surface area contributed by atoms with Crippen LogP contribution in [0.3, 0.4) is 0 Å². The van der Waals surface area contributed by atoms with Crippen LogP contribution in [-0.4, -0.2) is 55.7 Å². The number of amides is 2. The zero-order valence-corrected chi connectivity index (χ0v) is 20.7. The molecule has 1 unspecified atom stereocenters. The molecule has 0 aliphatic carbocycles. The molecule has 1 atom stereocenters. The molecule has 182 valence electrons. The smallest absolute Gasteiger partial charge is 0.269 e. The minimum atomic E-state index is -0.154. The van der Waals surface area contributed by atoms with E-state index >= 15 is 0 Å². The molecule has 0 aliphatic heterocycles. The number of aromatic nitrogens is 4. The van der Waals surface area contributed by atoms with E-state index in [2.05, 4.69) is 27.6 Å². The van der Waals surface area contributed by atoms with Crippen LogP contribution in [0.5, 0.6) is 0 Å². The number of hydrogen-bond donors (Lipinski definition) is 1. The fraction of sp³-hybridized carbons (Fsp3) is 0.333. The van der Waals surface area contributed by atoms with Gasteiger partial charge in [-0.25, -0.2) is 4.52 Å². The summed E-state index contributed by atoms with van der Waals surface area (Å²) in [5.74, 6) is -0.228. The highest BCUT2D eigenvalue weighted by molar-refractivity contribution is 6.02. The molecular formula is C27H32N6O2. The summed E-state index contributed by atoms with van der Waals surface area (Å²) in [6.07, 6.45) is 3.14. The second-order valence-corrected chi connectivity index (χ2v) is 8.78. The summed E-state index contributed by atoms with van der Waals surface area (Å²) in [4.78, 5) is 28.2. The van der Waals surface area contributed by atoms with E-state index in [1.807, 2.05) is 70.4 Å². The second-order valence-electron chi connectivity index (χ2n) is 8.78. The first-order valence-corrected chi connectivity index (χ1v) is 12.0. The monoisotopic (exact) mass is 472 g/mol. The van der Waals surface area contributed by atoms with Crippen molar-refractivity contribution in [1.82, 2.24) is 29.6 Å². The molecule has 3 heterocycles. The third kappa shape index (κ3) is 5.26. The van der Waals surface area contributed by atoms with Crippen molar-refractivity contribution < 1.29 is 9.59 Å². The molecule has 0 saturated carbocycles. The minimum Gasteiger partial charge on any atom is -0.351 e. The highest BCUT2D eigenvalue weighted by Gasteiger charge is 2.26. The van der Waals surface area contributed by atoms with Crippen molar-refractivity contribution in [2.24, 2.45) is 0 Å². The Morgan fingerprint density at radius 1 is 1.06 bits per heavy atom.